The summed E-state index contributed by atoms with van der Waals surface area (Å²) in [6.45, 7) is 0. The molecule has 1 aliphatic carbocycles. The Morgan fingerprint density at radius 3 is 1.92 bits per heavy atom. The van der Waals surface area contributed by atoms with Crippen molar-refractivity contribution in [1.82, 2.24) is 0 Å². The molecule has 0 N–H and O–H groups in total. The number of benzene rings is 7. The van der Waals surface area contributed by atoms with Crippen molar-refractivity contribution in [3.05, 3.63) is 180 Å². The van der Waals surface area contributed by atoms with Crippen molar-refractivity contribution in [2.75, 3.05) is 9.80 Å². The molecule has 1 aliphatic rings. The Kier molecular flexibility index (Phi) is 9.47. The van der Waals surface area contributed by atoms with Crippen LogP contribution in [0.15, 0.2) is 170 Å². The minimum absolute atomic E-state index is 0.447. The summed E-state index contributed by atoms with van der Waals surface area (Å²) in [6, 6.07) is 52.8. The fraction of sp³-hybridized carbons (Fsp3) is 0.0612. The number of aryl methyl sites for hydroxylation is 1. The van der Waals surface area contributed by atoms with Gasteiger partial charge >= 0.3 is 15.6 Å². The van der Waals surface area contributed by atoms with E-state index in [2.05, 4.69) is 47.4 Å². The van der Waals surface area contributed by atoms with Crippen LogP contribution < -0.4 is 14.0 Å². The maximum atomic E-state index is 14.0. The Morgan fingerprint density at radius 1 is 0.550 bits per heavy atom. The number of thiophene rings is 2. The lowest BCUT2D eigenvalue weighted by molar-refractivity contribution is -0.0500. The number of hydrogen-bond donors (Lipinski definition) is 0. The van der Waals surface area contributed by atoms with Crippen LogP contribution in [0.3, 0.4) is 0 Å². The lowest BCUT2D eigenvalue weighted by Gasteiger charge is -2.27. The van der Waals surface area contributed by atoms with E-state index in [1.165, 1.54) is 33.9 Å². The first-order chi connectivity index (χ1) is 29.1. The van der Waals surface area contributed by atoms with Gasteiger partial charge in [0.2, 0.25) is 0 Å². The highest BCUT2D eigenvalue weighted by atomic mass is 32.2. The molecule has 0 aliphatic heterocycles. The number of alkyl halides is 3. The third-order valence-corrected chi connectivity index (χ3v) is 14.1. The van der Waals surface area contributed by atoms with Gasteiger partial charge in [0.1, 0.15) is 5.75 Å². The van der Waals surface area contributed by atoms with Gasteiger partial charge in [0, 0.05) is 54.6 Å². The van der Waals surface area contributed by atoms with Gasteiger partial charge in [-0.2, -0.15) is 21.6 Å². The average molecular weight is 851 g/mol. The lowest BCUT2D eigenvalue weighted by Crippen LogP contribution is -2.28. The van der Waals surface area contributed by atoms with Gasteiger partial charge in [0.25, 0.3) is 0 Å². The second-order valence-corrected chi connectivity index (χ2v) is 18.1. The predicted molar refractivity (Wildman–Crippen MR) is 242 cm³/mol. The summed E-state index contributed by atoms with van der Waals surface area (Å²) in [5.74, 6) is -0.447. The topological polar surface area (TPSA) is 49.9 Å². The average Bonchev–Trinajstić information content (AvgIpc) is 3.83. The molecule has 0 unspecified atom stereocenters. The molecule has 2 aromatic heterocycles. The SMILES string of the molecule is O=S(=O)(Oc1cc(N(c2ccccc2)c2cccc3c4c(sc23)CCC=C4)c2sc3ccc(N(c4ccccc4)c4cccc(-c5ccccc5)c4)cc3c2c1)C(F)(F)F. The third kappa shape index (κ3) is 6.78. The van der Waals surface area contributed by atoms with Crippen LogP contribution in [0, 0.1) is 0 Å². The molecule has 0 saturated carbocycles. The number of hydrogen-bond acceptors (Lipinski definition) is 7. The first-order valence-electron chi connectivity index (χ1n) is 19.2. The quantitative estimate of drug-likeness (QED) is 0.107. The van der Waals surface area contributed by atoms with Gasteiger partial charge in [-0.3, -0.25) is 0 Å². The minimum atomic E-state index is -6.01. The highest BCUT2D eigenvalue weighted by Gasteiger charge is 2.48. The molecule has 0 saturated heterocycles. The first kappa shape index (κ1) is 37.8. The zero-order chi connectivity index (χ0) is 41.0. The predicted octanol–water partition coefficient (Wildman–Crippen LogP) is 15.1. The minimum Gasteiger partial charge on any atom is -0.376 e. The fourth-order valence-corrected chi connectivity index (χ4v) is 10.9. The largest absolute Gasteiger partial charge is 0.534 e. The van der Waals surface area contributed by atoms with E-state index in [4.69, 9.17) is 4.18 Å². The van der Waals surface area contributed by atoms with Crippen molar-refractivity contribution in [2.45, 2.75) is 18.3 Å². The second-order valence-electron chi connectivity index (χ2n) is 14.4. The Balaban J connectivity index is 1.22. The van der Waals surface area contributed by atoms with E-state index in [9.17, 15) is 21.6 Å². The number of rotatable bonds is 9. The molecular formula is C49H33F3N2O3S3. The van der Waals surface area contributed by atoms with Crippen molar-refractivity contribution in [2.24, 2.45) is 0 Å². The summed E-state index contributed by atoms with van der Waals surface area (Å²) < 4.78 is 74.9. The monoisotopic (exact) mass is 850 g/mol. The van der Waals surface area contributed by atoms with Gasteiger partial charge in [0.15, 0.2) is 0 Å². The van der Waals surface area contributed by atoms with E-state index < -0.39 is 21.4 Å². The van der Waals surface area contributed by atoms with Crippen molar-refractivity contribution < 1.29 is 25.8 Å². The molecule has 11 heteroatoms. The van der Waals surface area contributed by atoms with Gasteiger partial charge in [-0.25, -0.2) is 0 Å². The standard InChI is InChI=1S/C49H33F3N2O3S3/c50-49(51,52)60(55,56)57-38-30-42-41-29-37(53(34-17-6-2-7-18-34)36-21-12-16-33(28-36)32-14-4-1-5-15-32)26-27-46(41)59-48(42)44(31-38)54(35-19-8-3-9-20-35)43-24-13-23-40-39-22-10-11-25-45(39)58-47(40)43/h1-10,12-24,26-31H,11,25H2. The Hall–Kier alpha value is -6.40. The van der Waals surface area contributed by atoms with Crippen LogP contribution >= 0.6 is 22.7 Å². The van der Waals surface area contributed by atoms with Crippen molar-refractivity contribution in [3.63, 3.8) is 0 Å². The summed E-state index contributed by atoms with van der Waals surface area (Å²) in [7, 11) is -6.01. The summed E-state index contributed by atoms with van der Waals surface area (Å²) in [5, 5.41) is 2.35. The summed E-state index contributed by atoms with van der Waals surface area (Å²) in [6.07, 6.45) is 6.18. The molecule has 10 rings (SSSR count). The van der Waals surface area contributed by atoms with Gasteiger partial charge in [-0.05, 0) is 96.3 Å². The van der Waals surface area contributed by atoms with E-state index in [-0.39, 0.29) is 0 Å². The molecular weight excluding hydrogens is 818 g/mol. The fourth-order valence-electron chi connectivity index (χ4n) is 7.95. The van der Waals surface area contributed by atoms with Crippen LogP contribution in [0.1, 0.15) is 16.9 Å². The molecule has 60 heavy (non-hydrogen) atoms. The Bertz CT molecular complexity index is 3200. The number of fused-ring (bicyclic) bond motifs is 6. The molecule has 5 nitrogen and oxygen atoms in total. The zero-order valence-corrected chi connectivity index (χ0v) is 34.1. The maximum Gasteiger partial charge on any atom is 0.534 e. The molecule has 0 spiro atoms. The van der Waals surface area contributed by atoms with E-state index in [0.717, 1.165) is 77.3 Å². The van der Waals surface area contributed by atoms with Crippen molar-refractivity contribution in [1.29, 1.82) is 0 Å². The highest BCUT2D eigenvalue weighted by Crippen LogP contribution is 2.51. The molecule has 0 fully saturated rings. The number of nitrogens with zero attached hydrogens (tertiary/aromatic N) is 2. The van der Waals surface area contributed by atoms with E-state index in [1.54, 1.807) is 11.3 Å². The lowest BCUT2D eigenvalue weighted by atomic mass is 10.0. The molecule has 2 heterocycles. The zero-order valence-electron chi connectivity index (χ0n) is 31.6. The van der Waals surface area contributed by atoms with E-state index in [0.29, 0.717) is 11.1 Å². The molecule has 9 aromatic rings. The van der Waals surface area contributed by atoms with Crippen molar-refractivity contribution in [3.8, 4) is 16.9 Å². The second kappa shape index (κ2) is 15.0. The Morgan fingerprint density at radius 2 is 1.18 bits per heavy atom. The van der Waals surface area contributed by atoms with E-state index >= 15 is 0 Å². The third-order valence-electron chi connectivity index (χ3n) is 10.6. The molecule has 0 atom stereocenters. The molecule has 296 valence electrons. The van der Waals surface area contributed by atoms with Crippen LogP contribution in [0.2, 0.25) is 0 Å². The maximum absolute atomic E-state index is 14.0. The van der Waals surface area contributed by atoms with Gasteiger partial charge in [-0.1, -0.05) is 103 Å². The van der Waals surface area contributed by atoms with Gasteiger partial charge < -0.3 is 14.0 Å². The molecule has 0 radical (unpaired) electrons. The smallest absolute Gasteiger partial charge is 0.376 e. The van der Waals surface area contributed by atoms with Crippen LogP contribution in [0.5, 0.6) is 5.75 Å². The van der Waals surface area contributed by atoms with E-state index in [1.807, 2.05) is 126 Å². The highest BCUT2D eigenvalue weighted by molar-refractivity contribution is 7.88. The number of anilines is 6. The number of halogens is 3. The van der Waals surface area contributed by atoms with Crippen LogP contribution in [0.25, 0.3) is 47.5 Å². The summed E-state index contributed by atoms with van der Waals surface area (Å²) in [4.78, 5) is 5.40. The van der Waals surface area contributed by atoms with Gasteiger partial charge in [0.05, 0.1) is 20.8 Å². The number of allylic oxidation sites excluding steroid dienone is 1. The van der Waals surface area contributed by atoms with Crippen LogP contribution in [-0.4, -0.2) is 13.9 Å². The van der Waals surface area contributed by atoms with Gasteiger partial charge in [-0.15, -0.1) is 22.7 Å². The van der Waals surface area contributed by atoms with Crippen molar-refractivity contribution >= 4 is 103 Å². The van der Waals surface area contributed by atoms with Crippen LogP contribution in [-0.2, 0) is 16.5 Å². The molecule has 0 amide bonds. The van der Waals surface area contributed by atoms with Crippen LogP contribution in [0.4, 0.5) is 47.3 Å². The normalized spacial score (nSPS) is 12.8. The first-order valence-corrected chi connectivity index (χ1v) is 22.2. The summed E-state index contributed by atoms with van der Waals surface area (Å²) in [5.41, 5.74) is 2.29. The number of para-hydroxylation sites is 2. The summed E-state index contributed by atoms with van der Waals surface area (Å²) >= 11 is 3.19. The Labute approximate surface area is 352 Å². The molecule has 7 aromatic carbocycles. The molecule has 0 bridgehead atoms.